The van der Waals surface area contributed by atoms with E-state index in [2.05, 4.69) is 27.0 Å². The number of pyridine rings is 1. The van der Waals surface area contributed by atoms with Gasteiger partial charge in [0.1, 0.15) is 4.60 Å². The third-order valence-electron chi connectivity index (χ3n) is 1.85. The van der Waals surface area contributed by atoms with Crippen molar-refractivity contribution in [1.29, 1.82) is 5.26 Å². The molecule has 62 valence electrons. The lowest BCUT2D eigenvalue weighted by Gasteiger charge is -1.98. The molecule has 0 unspecified atom stereocenters. The molecule has 0 spiro atoms. The lowest BCUT2D eigenvalue weighted by molar-refractivity contribution is 1.31. The zero-order valence-corrected chi connectivity index (χ0v) is 8.25. The predicted molar refractivity (Wildman–Crippen MR) is 54.2 cm³/mol. The summed E-state index contributed by atoms with van der Waals surface area (Å²) in [5.74, 6) is 0. The van der Waals surface area contributed by atoms with E-state index in [4.69, 9.17) is 5.26 Å². The zero-order chi connectivity index (χ0) is 9.26. The van der Waals surface area contributed by atoms with E-state index in [1.807, 2.05) is 18.2 Å². The van der Waals surface area contributed by atoms with Crippen LogP contribution in [0.1, 0.15) is 5.56 Å². The smallest absolute Gasteiger partial charge is 0.113 e. The number of aromatic nitrogens is 1. The minimum Gasteiger partial charge on any atom is -0.249 e. The number of hydrogen-bond donors (Lipinski definition) is 0. The summed E-state index contributed by atoms with van der Waals surface area (Å²) in [7, 11) is 0. The second kappa shape index (κ2) is 3.15. The van der Waals surface area contributed by atoms with Crippen molar-refractivity contribution in [3.63, 3.8) is 0 Å². The van der Waals surface area contributed by atoms with Crippen LogP contribution in [0.15, 0.2) is 35.1 Å². The molecule has 2 aromatic rings. The van der Waals surface area contributed by atoms with Crippen LogP contribution in [0.2, 0.25) is 0 Å². The SMILES string of the molecule is N#Cc1ccc2ccnc(Br)c2c1. The molecule has 0 saturated heterocycles. The largest absolute Gasteiger partial charge is 0.249 e. The predicted octanol–water partition coefficient (Wildman–Crippen LogP) is 2.87. The van der Waals surface area contributed by atoms with E-state index in [0.29, 0.717) is 5.56 Å². The summed E-state index contributed by atoms with van der Waals surface area (Å²) in [4.78, 5) is 4.09. The van der Waals surface area contributed by atoms with Gasteiger partial charge < -0.3 is 0 Å². The number of nitriles is 1. The van der Waals surface area contributed by atoms with Gasteiger partial charge in [0.15, 0.2) is 0 Å². The Labute approximate surface area is 84.0 Å². The second-order valence-corrected chi connectivity index (χ2v) is 3.40. The molecule has 0 saturated carbocycles. The zero-order valence-electron chi connectivity index (χ0n) is 6.66. The Bertz CT molecular complexity index is 500. The maximum atomic E-state index is 8.70. The van der Waals surface area contributed by atoms with Crippen LogP contribution in [0.25, 0.3) is 10.8 Å². The van der Waals surface area contributed by atoms with Crippen LogP contribution < -0.4 is 0 Å². The molecule has 0 N–H and O–H groups in total. The van der Waals surface area contributed by atoms with Crippen LogP contribution >= 0.6 is 15.9 Å². The summed E-state index contributed by atoms with van der Waals surface area (Å²) < 4.78 is 0.780. The third-order valence-corrected chi connectivity index (χ3v) is 2.48. The van der Waals surface area contributed by atoms with Crippen LogP contribution in [0.5, 0.6) is 0 Å². The lowest BCUT2D eigenvalue weighted by atomic mass is 10.1. The van der Waals surface area contributed by atoms with E-state index >= 15 is 0 Å². The Balaban J connectivity index is 2.84. The third kappa shape index (κ3) is 1.41. The molecule has 2 nitrogen and oxygen atoms in total. The minimum atomic E-state index is 0.654. The number of nitrogens with zero attached hydrogens (tertiary/aromatic N) is 2. The summed E-state index contributed by atoms with van der Waals surface area (Å²) in [5, 5.41) is 10.8. The number of rotatable bonds is 0. The van der Waals surface area contributed by atoms with Crippen molar-refractivity contribution in [2.45, 2.75) is 0 Å². The first kappa shape index (κ1) is 8.21. The lowest BCUT2D eigenvalue weighted by Crippen LogP contribution is -1.80. The summed E-state index contributed by atoms with van der Waals surface area (Å²) in [6.45, 7) is 0. The maximum Gasteiger partial charge on any atom is 0.113 e. The van der Waals surface area contributed by atoms with Gasteiger partial charge in [-0.2, -0.15) is 5.26 Å². The molecular weight excluding hydrogens is 228 g/mol. The van der Waals surface area contributed by atoms with E-state index in [-0.39, 0.29) is 0 Å². The molecule has 0 aliphatic rings. The molecule has 0 atom stereocenters. The highest BCUT2D eigenvalue weighted by molar-refractivity contribution is 9.10. The van der Waals surface area contributed by atoms with Crippen molar-refractivity contribution in [1.82, 2.24) is 4.98 Å². The van der Waals surface area contributed by atoms with E-state index in [1.54, 1.807) is 12.3 Å². The molecule has 3 heteroatoms. The molecule has 0 radical (unpaired) electrons. The first-order valence-electron chi connectivity index (χ1n) is 3.75. The van der Waals surface area contributed by atoms with Crippen LogP contribution in [0, 0.1) is 11.3 Å². The van der Waals surface area contributed by atoms with Crippen LogP contribution in [-0.4, -0.2) is 4.98 Å². The number of benzene rings is 1. The maximum absolute atomic E-state index is 8.70. The van der Waals surface area contributed by atoms with Gasteiger partial charge >= 0.3 is 0 Å². The van der Waals surface area contributed by atoms with Gasteiger partial charge in [-0.3, -0.25) is 0 Å². The fourth-order valence-corrected chi connectivity index (χ4v) is 1.66. The first-order valence-corrected chi connectivity index (χ1v) is 4.55. The average Bonchev–Trinajstić information content (AvgIpc) is 2.18. The standard InChI is InChI=1S/C10H5BrN2/c11-10-9-5-7(6-12)1-2-8(9)3-4-13-10/h1-5H. The fraction of sp³-hybridized carbons (Fsp3) is 0. The van der Waals surface area contributed by atoms with Gasteiger partial charge in [-0.1, -0.05) is 6.07 Å². The molecule has 0 aliphatic heterocycles. The van der Waals surface area contributed by atoms with Gasteiger partial charge in [-0.25, -0.2) is 4.98 Å². The van der Waals surface area contributed by atoms with Gasteiger partial charge in [-0.15, -0.1) is 0 Å². The number of halogens is 1. The topological polar surface area (TPSA) is 36.7 Å². The molecule has 0 bridgehead atoms. The Hall–Kier alpha value is -1.40. The Kier molecular flexibility index (Phi) is 1.99. The normalized spacial score (nSPS) is 9.85. The van der Waals surface area contributed by atoms with Crippen molar-refractivity contribution in [3.8, 4) is 6.07 Å². The summed E-state index contributed by atoms with van der Waals surface area (Å²) in [6, 6.07) is 9.56. The molecule has 2 rings (SSSR count). The summed E-state index contributed by atoms with van der Waals surface area (Å²) >= 11 is 3.34. The Morgan fingerprint density at radius 2 is 2.15 bits per heavy atom. The van der Waals surface area contributed by atoms with Crippen molar-refractivity contribution in [3.05, 3.63) is 40.6 Å². The summed E-state index contributed by atoms with van der Waals surface area (Å²) in [5.41, 5.74) is 0.654. The van der Waals surface area contributed by atoms with Gasteiger partial charge in [0, 0.05) is 11.6 Å². The van der Waals surface area contributed by atoms with Crippen molar-refractivity contribution in [2.24, 2.45) is 0 Å². The molecule has 0 fully saturated rings. The van der Waals surface area contributed by atoms with E-state index < -0.39 is 0 Å². The van der Waals surface area contributed by atoms with Crippen LogP contribution in [0.3, 0.4) is 0 Å². The molecule has 0 amide bonds. The highest BCUT2D eigenvalue weighted by Gasteiger charge is 1.99. The molecule has 1 heterocycles. The summed E-state index contributed by atoms with van der Waals surface area (Å²) in [6.07, 6.45) is 1.73. The van der Waals surface area contributed by atoms with E-state index in [1.165, 1.54) is 0 Å². The minimum absolute atomic E-state index is 0.654. The highest BCUT2D eigenvalue weighted by Crippen LogP contribution is 2.22. The van der Waals surface area contributed by atoms with Crippen molar-refractivity contribution < 1.29 is 0 Å². The molecule has 1 aromatic carbocycles. The van der Waals surface area contributed by atoms with Crippen molar-refractivity contribution >= 4 is 26.7 Å². The molecule has 13 heavy (non-hydrogen) atoms. The average molecular weight is 233 g/mol. The van der Waals surface area contributed by atoms with Gasteiger partial charge in [-0.05, 0) is 39.5 Å². The number of hydrogen-bond acceptors (Lipinski definition) is 2. The van der Waals surface area contributed by atoms with Crippen molar-refractivity contribution in [2.75, 3.05) is 0 Å². The van der Waals surface area contributed by atoms with E-state index in [9.17, 15) is 0 Å². The molecule has 1 aromatic heterocycles. The monoisotopic (exact) mass is 232 g/mol. The van der Waals surface area contributed by atoms with Gasteiger partial charge in [0.05, 0.1) is 11.6 Å². The van der Waals surface area contributed by atoms with Crippen LogP contribution in [-0.2, 0) is 0 Å². The highest BCUT2D eigenvalue weighted by atomic mass is 79.9. The Morgan fingerprint density at radius 3 is 2.92 bits per heavy atom. The van der Waals surface area contributed by atoms with Crippen LogP contribution in [0.4, 0.5) is 0 Å². The molecule has 0 aliphatic carbocycles. The fourth-order valence-electron chi connectivity index (χ4n) is 1.20. The first-order chi connectivity index (χ1) is 6.31. The Morgan fingerprint density at radius 1 is 1.31 bits per heavy atom. The van der Waals surface area contributed by atoms with Gasteiger partial charge in [0.2, 0.25) is 0 Å². The number of fused-ring (bicyclic) bond motifs is 1. The molecular formula is C10H5BrN2. The van der Waals surface area contributed by atoms with E-state index in [0.717, 1.165) is 15.4 Å². The van der Waals surface area contributed by atoms with Gasteiger partial charge in [0.25, 0.3) is 0 Å². The quantitative estimate of drug-likeness (QED) is 0.656. The second-order valence-electron chi connectivity index (χ2n) is 2.65.